The first-order valence-electron chi connectivity index (χ1n) is 17.5. The zero-order valence-corrected chi connectivity index (χ0v) is 28.2. The average molecular weight is 638 g/mol. The van der Waals surface area contributed by atoms with E-state index in [9.17, 15) is 0 Å². The van der Waals surface area contributed by atoms with Crippen LogP contribution in [0.4, 0.5) is 17.1 Å². The van der Waals surface area contributed by atoms with Gasteiger partial charge in [-0.3, -0.25) is 0 Å². The van der Waals surface area contributed by atoms with Crippen LogP contribution in [-0.2, 0) is 5.41 Å². The molecule has 10 rings (SSSR count). The van der Waals surface area contributed by atoms with Gasteiger partial charge in [-0.05, 0) is 107 Å². The fraction of sp³-hybridized carbons (Fsp3) is 0.0612. The third-order valence-corrected chi connectivity index (χ3v) is 11.0. The Kier molecular flexibility index (Phi) is 6.29. The van der Waals surface area contributed by atoms with Gasteiger partial charge in [0.1, 0.15) is 0 Å². The maximum absolute atomic E-state index is 2.48. The predicted octanol–water partition coefficient (Wildman–Crippen LogP) is 13.7. The molecule has 0 fully saturated rings. The third kappa shape index (κ3) is 4.33. The molecule has 0 unspecified atom stereocenters. The SMILES string of the molecule is CC1(C)c2ccccc2-c2ccc(N(c3ccc(-c4ccc5ccccc5c4)cc3)c3cc4c5ccccc5ccc4c4ccccc34)cc21. The number of fused-ring (bicyclic) bond motifs is 9. The molecule has 9 aromatic rings. The molecule has 0 N–H and O–H groups in total. The van der Waals surface area contributed by atoms with E-state index in [0.29, 0.717) is 0 Å². The summed E-state index contributed by atoms with van der Waals surface area (Å²) >= 11 is 0. The maximum atomic E-state index is 2.48. The summed E-state index contributed by atoms with van der Waals surface area (Å²) < 4.78 is 0. The molecule has 236 valence electrons. The van der Waals surface area contributed by atoms with Gasteiger partial charge < -0.3 is 4.90 Å². The van der Waals surface area contributed by atoms with E-state index in [1.54, 1.807) is 0 Å². The van der Waals surface area contributed by atoms with Gasteiger partial charge in [0.05, 0.1) is 5.69 Å². The van der Waals surface area contributed by atoms with Crippen molar-refractivity contribution in [1.29, 1.82) is 0 Å². The lowest BCUT2D eigenvalue weighted by atomic mass is 9.82. The van der Waals surface area contributed by atoms with E-state index in [1.807, 2.05) is 0 Å². The topological polar surface area (TPSA) is 3.24 Å². The average Bonchev–Trinajstić information content (AvgIpc) is 3.40. The molecular weight excluding hydrogens is 603 g/mol. The van der Waals surface area contributed by atoms with E-state index in [0.717, 1.165) is 11.4 Å². The highest BCUT2D eigenvalue weighted by Gasteiger charge is 2.35. The summed E-state index contributed by atoms with van der Waals surface area (Å²) in [5.74, 6) is 0. The summed E-state index contributed by atoms with van der Waals surface area (Å²) in [5.41, 5.74) is 11.2. The van der Waals surface area contributed by atoms with E-state index in [-0.39, 0.29) is 5.41 Å². The summed E-state index contributed by atoms with van der Waals surface area (Å²) in [7, 11) is 0. The predicted molar refractivity (Wildman–Crippen MR) is 214 cm³/mol. The summed E-state index contributed by atoms with van der Waals surface area (Å²) in [6.07, 6.45) is 0. The quantitative estimate of drug-likeness (QED) is 0.174. The number of anilines is 3. The summed E-state index contributed by atoms with van der Waals surface area (Å²) in [4.78, 5) is 2.48. The molecule has 0 saturated heterocycles. The van der Waals surface area contributed by atoms with Crippen molar-refractivity contribution in [2.24, 2.45) is 0 Å². The Morgan fingerprint density at radius 1 is 0.360 bits per heavy atom. The molecule has 0 radical (unpaired) electrons. The molecule has 0 amide bonds. The van der Waals surface area contributed by atoms with E-state index in [1.165, 1.54) is 82.2 Å². The Hall–Kier alpha value is -6.18. The van der Waals surface area contributed by atoms with Crippen LogP contribution in [0.5, 0.6) is 0 Å². The van der Waals surface area contributed by atoms with Crippen LogP contribution in [0.2, 0.25) is 0 Å². The fourth-order valence-electron chi connectivity index (χ4n) is 8.46. The van der Waals surface area contributed by atoms with Gasteiger partial charge in [0, 0.05) is 22.2 Å². The molecule has 0 atom stereocenters. The van der Waals surface area contributed by atoms with Crippen LogP contribution >= 0.6 is 0 Å². The van der Waals surface area contributed by atoms with Crippen molar-refractivity contribution in [2.75, 3.05) is 4.90 Å². The number of hydrogen-bond acceptors (Lipinski definition) is 1. The van der Waals surface area contributed by atoms with Crippen LogP contribution in [0.15, 0.2) is 176 Å². The Morgan fingerprint density at radius 3 is 1.80 bits per heavy atom. The number of benzene rings is 9. The zero-order valence-electron chi connectivity index (χ0n) is 28.2. The molecule has 1 heteroatoms. The standard InChI is InChI=1S/C49H35N/c1-49(2)46-18-10-9-16-42(46)43-28-26-38(30-47(43)49)50(37-24-21-33(22-25-37)36-20-19-32-11-3-4-13-35(32)29-36)48-31-45-39-14-6-5-12-34(39)23-27-41(45)40-15-7-8-17-44(40)48/h3-31H,1-2H3. The van der Waals surface area contributed by atoms with Gasteiger partial charge in [-0.2, -0.15) is 0 Å². The molecule has 50 heavy (non-hydrogen) atoms. The Morgan fingerprint density at radius 2 is 0.960 bits per heavy atom. The van der Waals surface area contributed by atoms with Crippen LogP contribution in [-0.4, -0.2) is 0 Å². The Bertz CT molecular complexity index is 2790. The molecule has 0 saturated carbocycles. The van der Waals surface area contributed by atoms with Gasteiger partial charge in [-0.25, -0.2) is 0 Å². The van der Waals surface area contributed by atoms with Crippen LogP contribution in [0.25, 0.3) is 65.3 Å². The highest BCUT2D eigenvalue weighted by molar-refractivity contribution is 6.21. The lowest BCUT2D eigenvalue weighted by Gasteiger charge is -2.30. The minimum absolute atomic E-state index is 0.102. The molecule has 1 nitrogen and oxygen atoms in total. The second kappa shape index (κ2) is 10.9. The second-order valence-electron chi connectivity index (χ2n) is 14.2. The second-order valence-corrected chi connectivity index (χ2v) is 14.2. The van der Waals surface area contributed by atoms with Gasteiger partial charge in [0.15, 0.2) is 0 Å². The van der Waals surface area contributed by atoms with Gasteiger partial charge in [-0.15, -0.1) is 0 Å². The molecule has 9 aromatic carbocycles. The fourth-order valence-corrected chi connectivity index (χ4v) is 8.46. The molecule has 1 aliphatic rings. The number of rotatable bonds is 4. The first-order valence-corrected chi connectivity index (χ1v) is 17.5. The van der Waals surface area contributed by atoms with Crippen LogP contribution < -0.4 is 4.90 Å². The number of hydrogen-bond donors (Lipinski definition) is 0. The van der Waals surface area contributed by atoms with Crippen molar-refractivity contribution in [3.8, 4) is 22.3 Å². The van der Waals surface area contributed by atoms with Crippen LogP contribution in [0, 0.1) is 0 Å². The first-order chi connectivity index (χ1) is 24.5. The van der Waals surface area contributed by atoms with E-state index in [2.05, 4.69) is 195 Å². The van der Waals surface area contributed by atoms with Crippen molar-refractivity contribution in [3.05, 3.63) is 187 Å². The van der Waals surface area contributed by atoms with Gasteiger partial charge in [0.2, 0.25) is 0 Å². The Labute approximate surface area is 292 Å². The van der Waals surface area contributed by atoms with Crippen molar-refractivity contribution in [1.82, 2.24) is 0 Å². The highest BCUT2D eigenvalue weighted by atomic mass is 15.1. The molecule has 0 heterocycles. The van der Waals surface area contributed by atoms with Crippen molar-refractivity contribution in [3.63, 3.8) is 0 Å². The molecule has 0 aliphatic heterocycles. The largest absolute Gasteiger partial charge is 0.310 e. The van der Waals surface area contributed by atoms with Gasteiger partial charge in [-0.1, -0.05) is 153 Å². The maximum Gasteiger partial charge on any atom is 0.0546 e. The summed E-state index contributed by atoms with van der Waals surface area (Å²) in [5, 5.41) is 10.1. The van der Waals surface area contributed by atoms with Crippen molar-refractivity contribution in [2.45, 2.75) is 19.3 Å². The molecule has 0 spiro atoms. The molecule has 0 bridgehead atoms. The molecular formula is C49H35N. The zero-order chi connectivity index (χ0) is 33.4. The molecule has 1 aliphatic carbocycles. The Balaban J connectivity index is 1.21. The van der Waals surface area contributed by atoms with E-state index < -0.39 is 0 Å². The summed E-state index contributed by atoms with van der Waals surface area (Å²) in [6.45, 7) is 4.73. The normalized spacial score (nSPS) is 13.2. The van der Waals surface area contributed by atoms with Crippen molar-refractivity contribution < 1.29 is 0 Å². The van der Waals surface area contributed by atoms with Gasteiger partial charge >= 0.3 is 0 Å². The monoisotopic (exact) mass is 637 g/mol. The van der Waals surface area contributed by atoms with Crippen molar-refractivity contribution >= 4 is 60.2 Å². The van der Waals surface area contributed by atoms with E-state index in [4.69, 9.17) is 0 Å². The smallest absolute Gasteiger partial charge is 0.0546 e. The summed E-state index contributed by atoms with van der Waals surface area (Å²) in [6, 6.07) is 65.1. The highest BCUT2D eigenvalue weighted by Crippen LogP contribution is 2.51. The lowest BCUT2D eigenvalue weighted by Crippen LogP contribution is -2.16. The minimum Gasteiger partial charge on any atom is -0.310 e. The van der Waals surface area contributed by atoms with E-state index >= 15 is 0 Å². The number of nitrogens with zero attached hydrogens (tertiary/aromatic N) is 1. The lowest BCUT2D eigenvalue weighted by molar-refractivity contribution is 0.660. The first kappa shape index (κ1) is 28.8. The third-order valence-electron chi connectivity index (χ3n) is 11.0. The minimum atomic E-state index is -0.102. The van der Waals surface area contributed by atoms with Crippen LogP contribution in [0.1, 0.15) is 25.0 Å². The van der Waals surface area contributed by atoms with Gasteiger partial charge in [0.25, 0.3) is 0 Å². The molecule has 0 aromatic heterocycles. The van der Waals surface area contributed by atoms with Crippen LogP contribution in [0.3, 0.4) is 0 Å².